The lowest BCUT2D eigenvalue weighted by Gasteiger charge is -2.26. The van der Waals surface area contributed by atoms with Crippen LogP contribution in [0.25, 0.3) is 17.0 Å². The van der Waals surface area contributed by atoms with Gasteiger partial charge in [-0.2, -0.15) is 0 Å². The number of benzene rings is 1. The second kappa shape index (κ2) is 6.84. The first-order valence-electron chi connectivity index (χ1n) is 9.39. The maximum absolute atomic E-state index is 12.5. The molecule has 8 nitrogen and oxygen atoms in total. The van der Waals surface area contributed by atoms with Crippen LogP contribution in [0, 0.1) is 0 Å². The highest BCUT2D eigenvalue weighted by Gasteiger charge is 2.37. The smallest absolute Gasteiger partial charge is 0.228 e. The monoisotopic (exact) mass is 402 g/mol. The van der Waals surface area contributed by atoms with Crippen LogP contribution in [0.3, 0.4) is 0 Å². The Bertz CT molecular complexity index is 1290. The predicted octanol–water partition coefficient (Wildman–Crippen LogP) is 3.78. The molecule has 4 heterocycles. The first-order valence-corrected chi connectivity index (χ1v) is 9.39. The molecule has 3 aromatic heterocycles. The summed E-state index contributed by atoms with van der Waals surface area (Å²) in [5, 5.41) is 4.57. The normalized spacial score (nSPS) is 15.8. The zero-order chi connectivity index (χ0) is 20.8. The first kappa shape index (κ1) is 18.1. The third-order valence-corrected chi connectivity index (χ3v) is 5.15. The van der Waals surface area contributed by atoms with E-state index in [9.17, 15) is 4.79 Å². The summed E-state index contributed by atoms with van der Waals surface area (Å²) < 4.78 is 18.4. The Labute approximate surface area is 171 Å². The summed E-state index contributed by atoms with van der Waals surface area (Å²) in [6.07, 6.45) is 3.14. The lowest BCUT2D eigenvalue weighted by molar-refractivity contribution is -0.114. The molecule has 0 spiro atoms. The molecular formula is C22H18N4O4. The number of hydrogen-bond donors (Lipinski definition) is 0. The van der Waals surface area contributed by atoms with Gasteiger partial charge < -0.3 is 13.9 Å². The third-order valence-electron chi connectivity index (χ3n) is 5.15. The molecule has 5 rings (SSSR count). The summed E-state index contributed by atoms with van der Waals surface area (Å²) in [5.74, 6) is 2.21. The van der Waals surface area contributed by atoms with E-state index in [0.717, 1.165) is 11.3 Å². The highest BCUT2D eigenvalue weighted by molar-refractivity contribution is 5.97. The van der Waals surface area contributed by atoms with Crippen molar-refractivity contribution in [3.63, 3.8) is 0 Å². The lowest BCUT2D eigenvalue weighted by Crippen LogP contribution is -2.21. The zero-order valence-corrected chi connectivity index (χ0v) is 16.6. The molecule has 150 valence electrons. The van der Waals surface area contributed by atoms with Gasteiger partial charge in [-0.1, -0.05) is 0 Å². The van der Waals surface area contributed by atoms with Crippen molar-refractivity contribution >= 4 is 11.4 Å². The molecule has 0 N–H and O–H groups in total. The fraction of sp³-hybridized carbons (Fsp3) is 0.182. The molecule has 8 heteroatoms. The van der Waals surface area contributed by atoms with Gasteiger partial charge in [-0.15, -0.1) is 5.10 Å². The number of ketones is 1. The maximum atomic E-state index is 12.5. The Morgan fingerprint density at radius 3 is 2.67 bits per heavy atom. The molecule has 1 unspecified atom stereocenters. The van der Waals surface area contributed by atoms with E-state index in [0.29, 0.717) is 40.0 Å². The van der Waals surface area contributed by atoms with Crippen molar-refractivity contribution in [2.75, 3.05) is 7.11 Å². The van der Waals surface area contributed by atoms with Gasteiger partial charge in [-0.3, -0.25) is 4.79 Å². The Hall–Kier alpha value is -3.94. The largest absolute Gasteiger partial charge is 0.497 e. The van der Waals surface area contributed by atoms with Gasteiger partial charge in [0.05, 0.1) is 24.9 Å². The summed E-state index contributed by atoms with van der Waals surface area (Å²) in [6, 6.07) is 11.1. The van der Waals surface area contributed by atoms with Crippen LogP contribution in [0.1, 0.15) is 31.1 Å². The van der Waals surface area contributed by atoms with E-state index >= 15 is 0 Å². The Morgan fingerprint density at radius 2 is 2.00 bits per heavy atom. The SMILES string of the molecule is COc1ccc(-c2nc3c4c(ncn3n2)OC(C)=C(C(C)=O)C4c2ccco2)cc1. The van der Waals surface area contributed by atoms with Crippen LogP contribution >= 0.6 is 0 Å². The summed E-state index contributed by atoms with van der Waals surface area (Å²) in [4.78, 5) is 21.7. The van der Waals surface area contributed by atoms with E-state index in [4.69, 9.17) is 18.9 Å². The average Bonchev–Trinajstić information content (AvgIpc) is 3.42. The standard InChI is InChI=1S/C22H18N4O4/c1-12(27)17-13(2)30-22-19(18(17)16-5-4-10-29-16)21-24-20(25-26(21)11-23-22)14-6-8-15(28-3)9-7-14/h4-11,18H,1-3H3. The van der Waals surface area contributed by atoms with E-state index < -0.39 is 5.92 Å². The Kier molecular flexibility index (Phi) is 4.13. The van der Waals surface area contributed by atoms with E-state index in [1.54, 1.807) is 37.2 Å². The summed E-state index contributed by atoms with van der Waals surface area (Å²) in [7, 11) is 1.62. The van der Waals surface area contributed by atoms with Crippen LogP contribution in [0.15, 0.2) is 64.7 Å². The molecule has 4 aromatic rings. The van der Waals surface area contributed by atoms with E-state index in [1.807, 2.05) is 30.3 Å². The number of carbonyl (C=O) groups is 1. The second-order valence-electron chi connectivity index (χ2n) is 6.97. The lowest BCUT2D eigenvalue weighted by atomic mass is 9.85. The molecule has 0 fully saturated rings. The van der Waals surface area contributed by atoms with Gasteiger partial charge in [0, 0.05) is 11.1 Å². The molecule has 0 aliphatic carbocycles. The number of nitrogens with zero attached hydrogens (tertiary/aromatic N) is 4. The van der Waals surface area contributed by atoms with Crippen molar-refractivity contribution in [3.05, 3.63) is 71.6 Å². The Morgan fingerprint density at radius 1 is 1.20 bits per heavy atom. The number of ether oxygens (including phenoxy) is 2. The molecule has 1 aliphatic heterocycles. The minimum atomic E-state index is -0.481. The van der Waals surface area contributed by atoms with Crippen LogP contribution in [0.4, 0.5) is 0 Å². The molecule has 30 heavy (non-hydrogen) atoms. The number of fused-ring (bicyclic) bond motifs is 3. The van der Waals surface area contributed by atoms with Gasteiger partial charge in [-0.05, 0) is 50.2 Å². The fourth-order valence-electron chi connectivity index (χ4n) is 3.79. The van der Waals surface area contributed by atoms with Crippen molar-refractivity contribution in [1.29, 1.82) is 0 Å². The highest BCUT2D eigenvalue weighted by atomic mass is 16.5. The minimum Gasteiger partial charge on any atom is -0.497 e. The van der Waals surface area contributed by atoms with Gasteiger partial charge >= 0.3 is 0 Å². The first-order chi connectivity index (χ1) is 14.6. The number of hydrogen-bond acceptors (Lipinski definition) is 7. The topological polar surface area (TPSA) is 91.8 Å². The molecule has 0 saturated heterocycles. The molecule has 0 bridgehead atoms. The van der Waals surface area contributed by atoms with E-state index in [-0.39, 0.29) is 5.78 Å². The van der Waals surface area contributed by atoms with Crippen LogP contribution in [0.5, 0.6) is 11.6 Å². The van der Waals surface area contributed by atoms with Crippen LogP contribution in [-0.2, 0) is 4.79 Å². The predicted molar refractivity (Wildman–Crippen MR) is 107 cm³/mol. The van der Waals surface area contributed by atoms with Gasteiger partial charge in [0.2, 0.25) is 5.88 Å². The molecule has 1 aliphatic rings. The summed E-state index contributed by atoms with van der Waals surface area (Å²) >= 11 is 0. The van der Waals surface area contributed by atoms with Crippen molar-refractivity contribution in [2.45, 2.75) is 19.8 Å². The molecule has 0 radical (unpaired) electrons. The summed E-state index contributed by atoms with van der Waals surface area (Å²) in [6.45, 7) is 3.28. The van der Waals surface area contributed by atoms with E-state index in [2.05, 4.69) is 10.1 Å². The number of aromatic nitrogens is 4. The van der Waals surface area contributed by atoms with Gasteiger partial charge in [-0.25, -0.2) is 14.5 Å². The van der Waals surface area contributed by atoms with Crippen molar-refractivity contribution < 1.29 is 18.7 Å². The number of allylic oxidation sites excluding steroid dienone is 2. The van der Waals surface area contributed by atoms with Crippen LogP contribution in [-0.4, -0.2) is 32.5 Å². The summed E-state index contributed by atoms with van der Waals surface area (Å²) in [5.41, 5.74) is 2.55. The van der Waals surface area contributed by atoms with Crippen LogP contribution < -0.4 is 9.47 Å². The van der Waals surface area contributed by atoms with Crippen molar-refractivity contribution in [1.82, 2.24) is 19.6 Å². The van der Waals surface area contributed by atoms with Gasteiger partial charge in [0.15, 0.2) is 17.3 Å². The van der Waals surface area contributed by atoms with Gasteiger partial charge in [0.25, 0.3) is 0 Å². The number of carbonyl (C=O) groups excluding carboxylic acids is 1. The zero-order valence-electron chi connectivity index (χ0n) is 16.6. The van der Waals surface area contributed by atoms with Crippen LogP contribution in [0.2, 0.25) is 0 Å². The van der Waals surface area contributed by atoms with Crippen molar-refractivity contribution in [2.24, 2.45) is 0 Å². The second-order valence-corrected chi connectivity index (χ2v) is 6.97. The quantitative estimate of drug-likeness (QED) is 0.513. The molecule has 1 aromatic carbocycles. The molecular weight excluding hydrogens is 384 g/mol. The number of Topliss-reactive ketones (excluding diaryl/α,β-unsaturated/α-hetero) is 1. The minimum absolute atomic E-state index is 0.101. The van der Waals surface area contributed by atoms with Gasteiger partial charge in [0.1, 0.15) is 23.6 Å². The molecule has 1 atom stereocenters. The molecule has 0 saturated carbocycles. The number of furan rings is 1. The van der Waals surface area contributed by atoms with Crippen molar-refractivity contribution in [3.8, 4) is 23.0 Å². The molecule has 0 amide bonds. The van der Waals surface area contributed by atoms with E-state index in [1.165, 1.54) is 6.92 Å². The fourth-order valence-corrected chi connectivity index (χ4v) is 3.79. The number of rotatable bonds is 4. The Balaban J connectivity index is 1.73. The number of methoxy groups -OCH3 is 1. The highest BCUT2D eigenvalue weighted by Crippen LogP contribution is 2.44. The third kappa shape index (κ3) is 2.76. The average molecular weight is 402 g/mol. The maximum Gasteiger partial charge on any atom is 0.228 e.